The number of hydrogen-bond donors (Lipinski definition) is 2. The summed E-state index contributed by atoms with van der Waals surface area (Å²) in [7, 11) is 0. The van der Waals surface area contributed by atoms with Gasteiger partial charge in [-0.3, -0.25) is 9.59 Å². The SMILES string of the molecule is CCNC(=O)c1cccc(NC(=O)COC(=O)[C@H](C)Oc2ccccc2)c1. The van der Waals surface area contributed by atoms with Gasteiger partial charge in [-0.1, -0.05) is 24.3 Å². The number of nitrogens with one attached hydrogen (secondary N) is 2. The van der Waals surface area contributed by atoms with Gasteiger partial charge >= 0.3 is 5.97 Å². The van der Waals surface area contributed by atoms with E-state index in [9.17, 15) is 14.4 Å². The van der Waals surface area contributed by atoms with Gasteiger partial charge in [0.05, 0.1) is 0 Å². The Morgan fingerprint density at radius 2 is 1.78 bits per heavy atom. The van der Waals surface area contributed by atoms with Crippen molar-refractivity contribution in [3.8, 4) is 5.75 Å². The molecule has 0 saturated carbocycles. The highest BCUT2D eigenvalue weighted by molar-refractivity contribution is 5.97. The van der Waals surface area contributed by atoms with E-state index < -0.39 is 24.6 Å². The molecule has 142 valence electrons. The molecule has 2 amide bonds. The van der Waals surface area contributed by atoms with Crippen molar-refractivity contribution in [2.75, 3.05) is 18.5 Å². The second kappa shape index (κ2) is 9.96. The van der Waals surface area contributed by atoms with E-state index in [0.29, 0.717) is 23.5 Å². The molecule has 0 aliphatic heterocycles. The van der Waals surface area contributed by atoms with Crippen molar-refractivity contribution in [1.82, 2.24) is 5.32 Å². The molecule has 0 spiro atoms. The lowest BCUT2D eigenvalue weighted by atomic mass is 10.2. The fourth-order valence-electron chi connectivity index (χ4n) is 2.20. The van der Waals surface area contributed by atoms with Crippen LogP contribution in [0.2, 0.25) is 0 Å². The van der Waals surface area contributed by atoms with E-state index in [1.807, 2.05) is 13.0 Å². The van der Waals surface area contributed by atoms with Crippen LogP contribution in [0.15, 0.2) is 54.6 Å². The summed E-state index contributed by atoms with van der Waals surface area (Å²) in [5.74, 6) is -0.853. The third-order valence-corrected chi connectivity index (χ3v) is 3.48. The summed E-state index contributed by atoms with van der Waals surface area (Å²) in [4.78, 5) is 35.7. The number of rotatable bonds is 8. The van der Waals surface area contributed by atoms with Crippen LogP contribution in [0.4, 0.5) is 5.69 Å². The molecule has 27 heavy (non-hydrogen) atoms. The molecule has 0 radical (unpaired) electrons. The molecule has 0 aliphatic rings. The van der Waals surface area contributed by atoms with Gasteiger partial charge in [0.25, 0.3) is 11.8 Å². The Balaban J connectivity index is 1.82. The lowest BCUT2D eigenvalue weighted by Crippen LogP contribution is -2.29. The molecule has 0 aliphatic carbocycles. The number of amides is 2. The van der Waals surface area contributed by atoms with Gasteiger partial charge in [0.1, 0.15) is 5.75 Å². The fraction of sp³-hybridized carbons (Fsp3) is 0.250. The maximum atomic E-state index is 12.0. The molecule has 7 heteroatoms. The van der Waals surface area contributed by atoms with Crippen molar-refractivity contribution in [3.05, 3.63) is 60.2 Å². The number of carbonyl (C=O) groups is 3. The predicted octanol–water partition coefficient (Wildman–Crippen LogP) is 2.39. The molecule has 7 nitrogen and oxygen atoms in total. The van der Waals surface area contributed by atoms with Gasteiger partial charge in [0.15, 0.2) is 12.7 Å². The maximum absolute atomic E-state index is 12.0. The zero-order valence-corrected chi connectivity index (χ0v) is 15.2. The van der Waals surface area contributed by atoms with Crippen LogP contribution in [0.25, 0.3) is 0 Å². The van der Waals surface area contributed by atoms with Gasteiger partial charge in [0.2, 0.25) is 0 Å². The highest BCUT2D eigenvalue weighted by Gasteiger charge is 2.18. The largest absolute Gasteiger partial charge is 0.479 e. The molecule has 2 aromatic rings. The first-order valence-corrected chi connectivity index (χ1v) is 8.56. The standard InChI is InChI=1S/C20H22N2O5/c1-3-21-19(24)15-8-7-9-16(12-15)22-18(23)13-26-20(25)14(2)27-17-10-5-4-6-11-17/h4-12,14H,3,13H2,1-2H3,(H,21,24)(H,22,23)/t14-/m0/s1. The van der Waals surface area contributed by atoms with Gasteiger partial charge in [-0.05, 0) is 44.2 Å². The Bertz CT molecular complexity index is 792. The van der Waals surface area contributed by atoms with Crippen molar-refractivity contribution in [2.45, 2.75) is 20.0 Å². The van der Waals surface area contributed by atoms with Crippen molar-refractivity contribution >= 4 is 23.5 Å². The Morgan fingerprint density at radius 1 is 1.04 bits per heavy atom. The van der Waals surface area contributed by atoms with E-state index in [4.69, 9.17) is 9.47 Å². The third-order valence-electron chi connectivity index (χ3n) is 3.48. The smallest absolute Gasteiger partial charge is 0.347 e. The molecule has 2 aromatic carbocycles. The van der Waals surface area contributed by atoms with Gasteiger partial charge in [0, 0.05) is 17.8 Å². The highest BCUT2D eigenvalue weighted by Crippen LogP contribution is 2.12. The summed E-state index contributed by atoms with van der Waals surface area (Å²) >= 11 is 0. The van der Waals surface area contributed by atoms with Crippen molar-refractivity contribution in [2.24, 2.45) is 0 Å². The number of esters is 1. The van der Waals surface area contributed by atoms with E-state index in [1.54, 1.807) is 55.5 Å². The lowest BCUT2D eigenvalue weighted by molar-refractivity contribution is -0.153. The molecule has 0 aromatic heterocycles. The summed E-state index contributed by atoms with van der Waals surface area (Å²) in [5, 5.41) is 5.27. The molecular formula is C20H22N2O5. The zero-order valence-electron chi connectivity index (χ0n) is 15.2. The maximum Gasteiger partial charge on any atom is 0.347 e. The summed E-state index contributed by atoms with van der Waals surface area (Å²) in [6.07, 6.45) is -0.846. The average molecular weight is 370 g/mol. The van der Waals surface area contributed by atoms with Crippen LogP contribution in [-0.4, -0.2) is 37.0 Å². The number of benzene rings is 2. The molecular weight excluding hydrogens is 348 g/mol. The van der Waals surface area contributed by atoms with Crippen LogP contribution in [0.3, 0.4) is 0 Å². The number of carbonyl (C=O) groups excluding carboxylic acids is 3. The first-order valence-electron chi connectivity index (χ1n) is 8.56. The topological polar surface area (TPSA) is 93.7 Å². The van der Waals surface area contributed by atoms with E-state index in [0.717, 1.165) is 0 Å². The Kier molecular flexibility index (Phi) is 7.37. The fourth-order valence-corrected chi connectivity index (χ4v) is 2.20. The van der Waals surface area contributed by atoms with Gasteiger partial charge < -0.3 is 20.1 Å². The Hall–Kier alpha value is -3.35. The van der Waals surface area contributed by atoms with E-state index in [-0.39, 0.29) is 5.91 Å². The van der Waals surface area contributed by atoms with Crippen LogP contribution in [0.1, 0.15) is 24.2 Å². The molecule has 0 heterocycles. The van der Waals surface area contributed by atoms with Crippen LogP contribution >= 0.6 is 0 Å². The minimum Gasteiger partial charge on any atom is -0.479 e. The number of para-hydroxylation sites is 1. The molecule has 1 atom stereocenters. The van der Waals surface area contributed by atoms with Gasteiger partial charge in [-0.2, -0.15) is 0 Å². The summed E-state index contributed by atoms with van der Waals surface area (Å²) in [6, 6.07) is 15.3. The van der Waals surface area contributed by atoms with Crippen molar-refractivity contribution < 1.29 is 23.9 Å². The van der Waals surface area contributed by atoms with E-state index >= 15 is 0 Å². The number of hydrogen-bond acceptors (Lipinski definition) is 5. The van der Waals surface area contributed by atoms with Crippen LogP contribution in [-0.2, 0) is 14.3 Å². The molecule has 0 saturated heterocycles. The zero-order chi connectivity index (χ0) is 19.6. The van der Waals surface area contributed by atoms with E-state index in [1.165, 1.54) is 0 Å². The minimum absolute atomic E-state index is 0.230. The van der Waals surface area contributed by atoms with Crippen LogP contribution in [0, 0.1) is 0 Å². The molecule has 0 bridgehead atoms. The van der Waals surface area contributed by atoms with Crippen LogP contribution < -0.4 is 15.4 Å². The van der Waals surface area contributed by atoms with Gasteiger partial charge in [-0.15, -0.1) is 0 Å². The van der Waals surface area contributed by atoms with Crippen molar-refractivity contribution in [3.63, 3.8) is 0 Å². The Morgan fingerprint density at radius 3 is 2.48 bits per heavy atom. The first-order chi connectivity index (χ1) is 13.0. The monoisotopic (exact) mass is 370 g/mol. The predicted molar refractivity (Wildman–Crippen MR) is 101 cm³/mol. The van der Waals surface area contributed by atoms with Crippen molar-refractivity contribution in [1.29, 1.82) is 0 Å². The minimum atomic E-state index is -0.846. The lowest BCUT2D eigenvalue weighted by Gasteiger charge is -2.14. The summed E-state index contributed by atoms with van der Waals surface area (Å²) in [6.45, 7) is 3.42. The summed E-state index contributed by atoms with van der Waals surface area (Å²) in [5.41, 5.74) is 0.866. The first kappa shape index (κ1) is 20.0. The van der Waals surface area contributed by atoms with E-state index in [2.05, 4.69) is 10.6 Å². The normalized spacial score (nSPS) is 11.2. The number of ether oxygens (including phenoxy) is 2. The Labute approximate surface area is 157 Å². The number of anilines is 1. The molecule has 2 N–H and O–H groups in total. The molecule has 0 fully saturated rings. The average Bonchev–Trinajstić information content (AvgIpc) is 2.67. The second-order valence-corrected chi connectivity index (χ2v) is 5.67. The summed E-state index contributed by atoms with van der Waals surface area (Å²) < 4.78 is 10.4. The quantitative estimate of drug-likeness (QED) is 0.696. The highest BCUT2D eigenvalue weighted by atomic mass is 16.6. The molecule has 2 rings (SSSR count). The molecule has 0 unspecified atom stereocenters. The van der Waals surface area contributed by atoms with Crippen LogP contribution in [0.5, 0.6) is 5.75 Å². The second-order valence-electron chi connectivity index (χ2n) is 5.67. The van der Waals surface area contributed by atoms with Gasteiger partial charge in [-0.25, -0.2) is 4.79 Å². The third kappa shape index (κ3) is 6.47.